The van der Waals surface area contributed by atoms with Gasteiger partial charge < -0.3 is 24.7 Å². The molecule has 1 saturated heterocycles. The number of aryl methyl sites for hydroxylation is 2. The Kier molecular flexibility index (Phi) is 8.36. The number of nitrogens with zero attached hydrogens (tertiary/aromatic N) is 3. The van der Waals surface area contributed by atoms with Crippen LogP contribution in [0.25, 0.3) is 0 Å². The van der Waals surface area contributed by atoms with Gasteiger partial charge in [0.2, 0.25) is 5.89 Å². The second-order valence-electron chi connectivity index (χ2n) is 6.29. The summed E-state index contributed by atoms with van der Waals surface area (Å²) in [5.41, 5.74) is 3.37. The van der Waals surface area contributed by atoms with Crippen molar-refractivity contribution in [3.63, 3.8) is 0 Å². The Morgan fingerprint density at radius 1 is 1.11 bits per heavy atom. The molecule has 0 amide bonds. The first-order valence-corrected chi connectivity index (χ1v) is 8.95. The summed E-state index contributed by atoms with van der Waals surface area (Å²) in [6.07, 6.45) is 0. The summed E-state index contributed by atoms with van der Waals surface area (Å²) in [7, 11) is 1.75. The van der Waals surface area contributed by atoms with Crippen LogP contribution in [0.15, 0.2) is 33.7 Å². The molecule has 2 heterocycles. The minimum atomic E-state index is 0. The van der Waals surface area contributed by atoms with Gasteiger partial charge in [-0.15, -0.1) is 24.0 Å². The average Bonchev–Trinajstić information content (AvgIpc) is 3.01. The lowest BCUT2D eigenvalue weighted by Crippen LogP contribution is -2.36. The highest BCUT2D eigenvalue weighted by atomic mass is 127. The monoisotopic (exact) mass is 485 g/mol. The number of aliphatic imine (C=N–C) groups is 1. The summed E-state index contributed by atoms with van der Waals surface area (Å²) in [6.45, 7) is 8.57. The van der Waals surface area contributed by atoms with Crippen molar-refractivity contribution in [2.45, 2.75) is 26.9 Å². The van der Waals surface area contributed by atoms with E-state index in [2.05, 4.69) is 49.8 Å². The van der Waals surface area contributed by atoms with Crippen molar-refractivity contribution in [1.82, 2.24) is 15.6 Å². The van der Waals surface area contributed by atoms with E-state index < -0.39 is 0 Å². The lowest BCUT2D eigenvalue weighted by atomic mass is 10.2. The fraction of sp³-hybridized carbons (Fsp3) is 0.474. The zero-order chi connectivity index (χ0) is 18.4. The van der Waals surface area contributed by atoms with Gasteiger partial charge in [-0.3, -0.25) is 4.99 Å². The molecule has 0 bridgehead atoms. The van der Waals surface area contributed by atoms with E-state index in [1.54, 1.807) is 7.05 Å². The number of benzene rings is 1. The van der Waals surface area contributed by atoms with Gasteiger partial charge in [-0.2, -0.15) is 0 Å². The Morgan fingerprint density at radius 2 is 1.78 bits per heavy atom. The molecule has 0 spiro atoms. The van der Waals surface area contributed by atoms with E-state index in [0.717, 1.165) is 43.7 Å². The molecule has 7 nitrogen and oxygen atoms in total. The van der Waals surface area contributed by atoms with Crippen LogP contribution in [0.5, 0.6) is 0 Å². The molecule has 1 aromatic carbocycles. The largest absolute Gasteiger partial charge is 0.444 e. The van der Waals surface area contributed by atoms with Crippen LogP contribution in [0.3, 0.4) is 0 Å². The van der Waals surface area contributed by atoms with Crippen LogP contribution in [0.1, 0.15) is 22.9 Å². The molecule has 0 aliphatic carbocycles. The van der Waals surface area contributed by atoms with Crippen molar-refractivity contribution in [2.24, 2.45) is 4.99 Å². The number of ether oxygens (including phenoxy) is 1. The van der Waals surface area contributed by atoms with E-state index in [0.29, 0.717) is 19.0 Å². The van der Waals surface area contributed by atoms with Gasteiger partial charge in [-0.05, 0) is 31.5 Å². The zero-order valence-electron chi connectivity index (χ0n) is 16.1. The first-order chi connectivity index (χ1) is 12.7. The normalized spacial score (nSPS) is 14.6. The molecule has 0 unspecified atom stereocenters. The van der Waals surface area contributed by atoms with E-state index in [4.69, 9.17) is 9.15 Å². The molecule has 27 heavy (non-hydrogen) atoms. The van der Waals surface area contributed by atoms with Gasteiger partial charge >= 0.3 is 0 Å². The third-order valence-corrected chi connectivity index (χ3v) is 4.48. The van der Waals surface area contributed by atoms with Crippen molar-refractivity contribution < 1.29 is 9.15 Å². The summed E-state index contributed by atoms with van der Waals surface area (Å²) in [5, 5.41) is 6.53. The molecule has 0 atom stereocenters. The molecule has 1 aliphatic heterocycles. The highest BCUT2D eigenvalue weighted by Gasteiger charge is 2.11. The van der Waals surface area contributed by atoms with Crippen LogP contribution >= 0.6 is 24.0 Å². The average molecular weight is 485 g/mol. The lowest BCUT2D eigenvalue weighted by molar-refractivity contribution is 0.122. The van der Waals surface area contributed by atoms with Crippen LogP contribution in [0.2, 0.25) is 0 Å². The number of nitrogens with one attached hydrogen (secondary N) is 2. The highest BCUT2D eigenvalue weighted by molar-refractivity contribution is 14.0. The standard InChI is InChI=1S/C19H27N5O2.HI/c1-14-15(2)26-18(23-14)13-22-19(20-3)21-12-16-4-6-17(7-5-16)24-8-10-25-11-9-24;/h4-7H,8-13H2,1-3H3,(H2,20,21,22);1H. The smallest absolute Gasteiger partial charge is 0.214 e. The quantitative estimate of drug-likeness (QED) is 0.386. The van der Waals surface area contributed by atoms with Crippen LogP contribution in [0.4, 0.5) is 5.69 Å². The number of hydrogen-bond acceptors (Lipinski definition) is 5. The third-order valence-electron chi connectivity index (χ3n) is 4.48. The Labute approximate surface area is 177 Å². The molecule has 3 rings (SSSR count). The minimum absolute atomic E-state index is 0. The molecule has 2 N–H and O–H groups in total. The van der Waals surface area contributed by atoms with Crippen LogP contribution < -0.4 is 15.5 Å². The van der Waals surface area contributed by atoms with Gasteiger partial charge in [0.25, 0.3) is 0 Å². The molecule has 1 aliphatic rings. The van der Waals surface area contributed by atoms with Crippen molar-refractivity contribution in [3.8, 4) is 0 Å². The summed E-state index contributed by atoms with van der Waals surface area (Å²) >= 11 is 0. The maximum absolute atomic E-state index is 5.57. The third kappa shape index (κ3) is 6.10. The van der Waals surface area contributed by atoms with Gasteiger partial charge in [0, 0.05) is 32.4 Å². The molecular weight excluding hydrogens is 457 g/mol. The first kappa shape index (κ1) is 21.5. The van der Waals surface area contributed by atoms with E-state index >= 15 is 0 Å². The second-order valence-corrected chi connectivity index (χ2v) is 6.29. The van der Waals surface area contributed by atoms with Gasteiger partial charge in [0.05, 0.1) is 25.5 Å². The summed E-state index contributed by atoms with van der Waals surface area (Å²) in [5.74, 6) is 2.23. The highest BCUT2D eigenvalue weighted by Crippen LogP contribution is 2.16. The zero-order valence-corrected chi connectivity index (χ0v) is 18.4. The summed E-state index contributed by atoms with van der Waals surface area (Å²) in [4.78, 5) is 11.0. The number of morpholine rings is 1. The van der Waals surface area contributed by atoms with Crippen molar-refractivity contribution in [3.05, 3.63) is 47.2 Å². The van der Waals surface area contributed by atoms with Gasteiger partial charge in [-0.25, -0.2) is 4.98 Å². The Balaban J connectivity index is 0.00000261. The minimum Gasteiger partial charge on any atom is -0.444 e. The van der Waals surface area contributed by atoms with Gasteiger partial charge in [0.15, 0.2) is 5.96 Å². The molecule has 8 heteroatoms. The van der Waals surface area contributed by atoms with Crippen molar-refractivity contribution in [1.29, 1.82) is 0 Å². The van der Waals surface area contributed by atoms with Crippen LogP contribution in [-0.4, -0.2) is 44.3 Å². The fourth-order valence-corrected chi connectivity index (χ4v) is 2.83. The van der Waals surface area contributed by atoms with Gasteiger partial charge in [-0.1, -0.05) is 12.1 Å². The molecule has 1 fully saturated rings. The Bertz CT molecular complexity index is 720. The SMILES string of the molecule is CN=C(NCc1ccc(N2CCOCC2)cc1)NCc1nc(C)c(C)o1.I. The lowest BCUT2D eigenvalue weighted by Gasteiger charge is -2.28. The predicted octanol–water partition coefficient (Wildman–Crippen LogP) is 2.61. The van der Waals surface area contributed by atoms with Crippen LogP contribution in [-0.2, 0) is 17.8 Å². The summed E-state index contributed by atoms with van der Waals surface area (Å²) in [6, 6.07) is 8.62. The molecule has 1 aromatic heterocycles. The number of anilines is 1. The van der Waals surface area contributed by atoms with E-state index in [1.165, 1.54) is 11.3 Å². The first-order valence-electron chi connectivity index (χ1n) is 8.95. The molecule has 0 saturated carbocycles. The number of oxazole rings is 1. The molecule has 148 valence electrons. The number of halogens is 1. The number of aromatic nitrogens is 1. The van der Waals surface area contributed by atoms with E-state index in [-0.39, 0.29) is 24.0 Å². The molecule has 2 aromatic rings. The van der Waals surface area contributed by atoms with Crippen molar-refractivity contribution in [2.75, 3.05) is 38.3 Å². The Morgan fingerprint density at radius 3 is 2.37 bits per heavy atom. The van der Waals surface area contributed by atoms with E-state index in [9.17, 15) is 0 Å². The van der Waals surface area contributed by atoms with E-state index in [1.807, 2.05) is 13.8 Å². The number of guanidine groups is 1. The maximum Gasteiger partial charge on any atom is 0.214 e. The number of hydrogen-bond donors (Lipinski definition) is 2. The second kappa shape index (κ2) is 10.5. The van der Waals surface area contributed by atoms with Crippen LogP contribution in [0, 0.1) is 13.8 Å². The summed E-state index contributed by atoms with van der Waals surface area (Å²) < 4.78 is 11.0. The maximum atomic E-state index is 5.57. The predicted molar refractivity (Wildman–Crippen MR) is 118 cm³/mol. The van der Waals surface area contributed by atoms with Crippen molar-refractivity contribution >= 4 is 35.6 Å². The van der Waals surface area contributed by atoms with Gasteiger partial charge in [0.1, 0.15) is 5.76 Å². The molecule has 0 radical (unpaired) electrons. The fourth-order valence-electron chi connectivity index (χ4n) is 2.83. The topological polar surface area (TPSA) is 74.9 Å². The molecular formula is C19H28IN5O2. The number of rotatable bonds is 5. The Hall–Kier alpha value is -1.81.